The van der Waals surface area contributed by atoms with Crippen LogP contribution in [0.3, 0.4) is 0 Å². The Hall–Kier alpha value is -4.86. The Balaban J connectivity index is 1.70. The number of hydrogen-bond donors (Lipinski definition) is 7. The normalized spacial score (nSPS) is 14.8. The predicted octanol–water partition coefficient (Wildman–Crippen LogP) is -0.985. The average molecular weight is 715 g/mol. The lowest BCUT2D eigenvalue weighted by Gasteiger charge is -2.31. The molecule has 2 atom stereocenters. The van der Waals surface area contributed by atoms with Gasteiger partial charge in [-0.2, -0.15) is 0 Å². The van der Waals surface area contributed by atoms with Gasteiger partial charge in [0.25, 0.3) is 0 Å². The van der Waals surface area contributed by atoms with Gasteiger partial charge in [0.1, 0.15) is 6.04 Å². The second kappa shape index (κ2) is 22.1. The predicted molar refractivity (Wildman–Crippen MR) is 188 cm³/mol. The SMILES string of the molecule is CCC(C)(CC)C1CC(=O)N(CCCCCC(=O)NCC(=O)NCC(=O)N[C@@H](Cc2ccccc2)C(=O)NCC(=O)NCCNCC(N)=O)C1=O. The van der Waals surface area contributed by atoms with Crippen molar-refractivity contribution in [2.24, 2.45) is 17.1 Å². The van der Waals surface area contributed by atoms with Crippen LogP contribution in [0.1, 0.15) is 71.3 Å². The molecule has 1 unspecified atom stereocenters. The quantitative estimate of drug-likeness (QED) is 0.0514. The fourth-order valence-electron chi connectivity index (χ4n) is 5.61. The van der Waals surface area contributed by atoms with Crippen LogP contribution < -0.4 is 37.6 Å². The maximum atomic E-state index is 12.9. The van der Waals surface area contributed by atoms with Crippen LogP contribution in [0.15, 0.2) is 30.3 Å². The Morgan fingerprint density at radius 2 is 1.43 bits per heavy atom. The Morgan fingerprint density at radius 3 is 2.10 bits per heavy atom. The van der Waals surface area contributed by atoms with Gasteiger partial charge >= 0.3 is 0 Å². The topological polar surface area (TPSA) is 238 Å². The van der Waals surface area contributed by atoms with Crippen LogP contribution in [0.25, 0.3) is 0 Å². The third-order valence-corrected chi connectivity index (χ3v) is 9.16. The Labute approximate surface area is 299 Å². The summed E-state index contributed by atoms with van der Waals surface area (Å²) >= 11 is 0. The molecule has 0 bridgehead atoms. The van der Waals surface area contributed by atoms with Gasteiger partial charge in [0.15, 0.2) is 0 Å². The maximum Gasteiger partial charge on any atom is 0.243 e. The minimum atomic E-state index is -1.04. The standard InChI is InChI=1S/C35H54N8O8/c1-4-35(3,5-2)25-19-32(49)43(34(25)51)17-11-7-10-14-28(45)39-21-30(47)40-23-31(48)42-26(18-24-12-8-6-9-13-24)33(50)41-22-29(46)38-16-15-37-20-27(36)44/h6,8-9,12-13,25-26,37H,4-5,7,10-11,14-23H2,1-3H3,(H2,36,44)(H,38,46)(H,39,45)(H,40,47)(H,41,50)(H,42,48)/t25?,26-/m0/s1. The molecule has 0 aromatic heterocycles. The summed E-state index contributed by atoms with van der Waals surface area (Å²) in [5.74, 6) is -3.75. The van der Waals surface area contributed by atoms with Crippen molar-refractivity contribution in [1.29, 1.82) is 0 Å². The molecular weight excluding hydrogens is 660 g/mol. The number of nitrogens with one attached hydrogen (secondary N) is 6. The molecule has 1 aromatic carbocycles. The zero-order valence-electron chi connectivity index (χ0n) is 29.9. The number of carbonyl (C=O) groups excluding carboxylic acids is 8. The van der Waals surface area contributed by atoms with Gasteiger partial charge in [0.2, 0.25) is 47.3 Å². The van der Waals surface area contributed by atoms with E-state index in [2.05, 4.69) is 38.8 Å². The highest BCUT2D eigenvalue weighted by atomic mass is 16.2. The lowest BCUT2D eigenvalue weighted by molar-refractivity contribution is -0.141. The highest BCUT2D eigenvalue weighted by molar-refractivity contribution is 6.04. The van der Waals surface area contributed by atoms with Crippen LogP contribution in [0, 0.1) is 11.3 Å². The van der Waals surface area contributed by atoms with E-state index < -0.39 is 42.1 Å². The number of rotatable bonds is 24. The lowest BCUT2D eigenvalue weighted by Crippen LogP contribution is -2.52. The number of nitrogens with two attached hydrogens (primary N) is 1. The number of imide groups is 1. The van der Waals surface area contributed by atoms with Crippen molar-refractivity contribution in [3.8, 4) is 0 Å². The number of amides is 8. The monoisotopic (exact) mass is 714 g/mol. The molecule has 0 saturated carbocycles. The Morgan fingerprint density at radius 1 is 0.804 bits per heavy atom. The van der Waals surface area contributed by atoms with E-state index in [0.29, 0.717) is 32.4 Å². The molecule has 51 heavy (non-hydrogen) atoms. The molecule has 8 N–H and O–H groups in total. The minimum Gasteiger partial charge on any atom is -0.369 e. The average Bonchev–Trinajstić information content (AvgIpc) is 3.40. The van der Waals surface area contributed by atoms with E-state index in [0.717, 1.165) is 18.4 Å². The Bertz CT molecular complexity index is 1370. The van der Waals surface area contributed by atoms with Gasteiger partial charge < -0.3 is 37.6 Å². The fourth-order valence-corrected chi connectivity index (χ4v) is 5.61. The van der Waals surface area contributed by atoms with E-state index in [1.807, 2.05) is 13.8 Å². The molecule has 0 aliphatic carbocycles. The van der Waals surface area contributed by atoms with E-state index in [4.69, 9.17) is 5.73 Å². The molecular formula is C35H54N8O8. The van der Waals surface area contributed by atoms with Crippen molar-refractivity contribution in [3.63, 3.8) is 0 Å². The number of hydrogen-bond acceptors (Lipinski definition) is 9. The number of carbonyl (C=O) groups is 8. The first-order valence-corrected chi connectivity index (χ1v) is 17.5. The van der Waals surface area contributed by atoms with Crippen molar-refractivity contribution in [1.82, 2.24) is 36.8 Å². The second-order valence-electron chi connectivity index (χ2n) is 12.9. The Kier molecular flexibility index (Phi) is 18.3. The van der Waals surface area contributed by atoms with E-state index in [-0.39, 0.29) is 74.5 Å². The van der Waals surface area contributed by atoms with E-state index >= 15 is 0 Å². The van der Waals surface area contributed by atoms with Crippen molar-refractivity contribution in [3.05, 3.63) is 35.9 Å². The van der Waals surface area contributed by atoms with Crippen LogP contribution in [-0.4, -0.2) is 104 Å². The van der Waals surface area contributed by atoms with Gasteiger partial charge in [-0.15, -0.1) is 0 Å². The highest BCUT2D eigenvalue weighted by Gasteiger charge is 2.46. The van der Waals surface area contributed by atoms with E-state index in [1.54, 1.807) is 30.3 Å². The minimum absolute atomic E-state index is 0.0303. The smallest absolute Gasteiger partial charge is 0.243 e. The molecule has 0 radical (unpaired) electrons. The van der Waals surface area contributed by atoms with Gasteiger partial charge in [-0.05, 0) is 36.7 Å². The first kappa shape index (κ1) is 42.3. The van der Waals surface area contributed by atoms with E-state index in [9.17, 15) is 38.4 Å². The summed E-state index contributed by atoms with van der Waals surface area (Å²) in [6.07, 6.45) is 3.88. The van der Waals surface area contributed by atoms with Crippen LogP contribution in [0.4, 0.5) is 0 Å². The summed E-state index contributed by atoms with van der Waals surface area (Å²) in [5, 5.41) is 15.3. The van der Waals surface area contributed by atoms with Crippen LogP contribution in [-0.2, 0) is 44.8 Å². The molecule has 1 heterocycles. The maximum absolute atomic E-state index is 12.9. The molecule has 1 fully saturated rings. The van der Waals surface area contributed by atoms with Gasteiger partial charge in [-0.3, -0.25) is 43.3 Å². The van der Waals surface area contributed by atoms with Gasteiger partial charge in [-0.1, -0.05) is 57.5 Å². The third kappa shape index (κ3) is 15.3. The fraction of sp³-hybridized carbons (Fsp3) is 0.600. The molecule has 16 nitrogen and oxygen atoms in total. The van der Waals surface area contributed by atoms with Crippen molar-refractivity contribution in [2.45, 2.75) is 78.2 Å². The number of primary amides is 1. The van der Waals surface area contributed by atoms with Crippen LogP contribution in [0.5, 0.6) is 0 Å². The van der Waals surface area contributed by atoms with Crippen LogP contribution >= 0.6 is 0 Å². The summed E-state index contributed by atoms with van der Waals surface area (Å²) in [6.45, 7) is 5.78. The lowest BCUT2D eigenvalue weighted by atomic mass is 9.72. The van der Waals surface area contributed by atoms with Crippen molar-refractivity contribution < 1.29 is 38.4 Å². The first-order valence-electron chi connectivity index (χ1n) is 17.5. The highest BCUT2D eigenvalue weighted by Crippen LogP contribution is 2.41. The molecule has 1 aromatic rings. The molecule has 8 amide bonds. The summed E-state index contributed by atoms with van der Waals surface area (Å²) < 4.78 is 0. The molecule has 0 spiro atoms. The molecule has 1 aliphatic heterocycles. The zero-order valence-corrected chi connectivity index (χ0v) is 29.9. The van der Waals surface area contributed by atoms with Gasteiger partial charge in [-0.25, -0.2) is 0 Å². The summed E-state index contributed by atoms with van der Waals surface area (Å²) in [6, 6.07) is 7.88. The molecule has 1 saturated heterocycles. The largest absolute Gasteiger partial charge is 0.369 e. The number of nitrogens with zero attached hydrogens (tertiary/aromatic N) is 1. The summed E-state index contributed by atoms with van der Waals surface area (Å²) in [4.78, 5) is 99.7. The van der Waals surface area contributed by atoms with Crippen molar-refractivity contribution in [2.75, 3.05) is 45.8 Å². The summed E-state index contributed by atoms with van der Waals surface area (Å²) in [7, 11) is 0. The molecule has 282 valence electrons. The molecule has 2 rings (SSSR count). The second-order valence-corrected chi connectivity index (χ2v) is 12.9. The van der Waals surface area contributed by atoms with Gasteiger partial charge in [0.05, 0.1) is 32.1 Å². The first-order chi connectivity index (χ1) is 24.3. The van der Waals surface area contributed by atoms with Crippen LogP contribution in [0.2, 0.25) is 0 Å². The molecule has 1 aliphatic rings. The third-order valence-electron chi connectivity index (χ3n) is 9.16. The number of benzene rings is 1. The number of likely N-dealkylation sites (tertiary alicyclic amines) is 1. The van der Waals surface area contributed by atoms with Crippen molar-refractivity contribution >= 4 is 47.3 Å². The number of unbranched alkanes of at least 4 members (excludes halogenated alkanes) is 2. The van der Waals surface area contributed by atoms with E-state index in [1.165, 1.54) is 4.90 Å². The zero-order chi connectivity index (χ0) is 37.8. The van der Waals surface area contributed by atoms with Gasteiger partial charge in [0, 0.05) is 38.9 Å². The summed E-state index contributed by atoms with van der Waals surface area (Å²) in [5.41, 5.74) is 5.59. The molecule has 16 heteroatoms.